The topological polar surface area (TPSA) is 39.2 Å². The maximum atomic E-state index is 11.6. The van der Waals surface area contributed by atoms with E-state index in [9.17, 15) is 4.79 Å². The van der Waals surface area contributed by atoms with Gasteiger partial charge in [0.05, 0.1) is 18.4 Å². The van der Waals surface area contributed by atoms with E-state index in [0.717, 1.165) is 23.6 Å². The number of nitrogens with zero attached hydrogens (tertiary/aromatic N) is 1. The van der Waals surface area contributed by atoms with Crippen LogP contribution < -0.4 is 0 Å². The number of hydrogen-bond acceptors (Lipinski definition) is 3. The zero-order chi connectivity index (χ0) is 11.1. The van der Waals surface area contributed by atoms with Crippen molar-refractivity contribution in [1.82, 2.24) is 4.98 Å². The third-order valence-electron chi connectivity index (χ3n) is 3.30. The molecule has 16 heavy (non-hydrogen) atoms. The lowest BCUT2D eigenvalue weighted by molar-refractivity contribution is 0.0599. The third kappa shape index (κ3) is 1.43. The quantitative estimate of drug-likeness (QED) is 0.710. The van der Waals surface area contributed by atoms with Crippen molar-refractivity contribution in [3.63, 3.8) is 0 Å². The number of carbonyl (C=O) groups excluding carboxylic acids is 1. The van der Waals surface area contributed by atoms with Crippen LogP contribution >= 0.6 is 0 Å². The number of aromatic nitrogens is 1. The second-order valence-electron chi connectivity index (χ2n) is 4.38. The highest BCUT2D eigenvalue weighted by Gasteiger charge is 2.31. The van der Waals surface area contributed by atoms with Gasteiger partial charge in [-0.05, 0) is 42.9 Å². The Morgan fingerprint density at radius 1 is 1.50 bits per heavy atom. The molecule has 0 unspecified atom stereocenters. The van der Waals surface area contributed by atoms with Crippen molar-refractivity contribution in [2.75, 3.05) is 7.11 Å². The van der Waals surface area contributed by atoms with Crippen LogP contribution in [0, 0.1) is 5.92 Å². The molecule has 3 rings (SSSR count). The molecule has 0 radical (unpaired) electrons. The molecular formula is C13H13NO2. The summed E-state index contributed by atoms with van der Waals surface area (Å²) in [5.74, 6) is 0.476. The van der Waals surface area contributed by atoms with E-state index in [4.69, 9.17) is 4.74 Å². The number of allylic oxidation sites excluding steroid dienone is 1. The van der Waals surface area contributed by atoms with Crippen molar-refractivity contribution >= 4 is 12.0 Å². The lowest BCUT2D eigenvalue weighted by atomic mass is 10.0. The van der Waals surface area contributed by atoms with Gasteiger partial charge in [0.25, 0.3) is 0 Å². The molecule has 1 fully saturated rings. The van der Waals surface area contributed by atoms with Crippen molar-refractivity contribution in [1.29, 1.82) is 0 Å². The van der Waals surface area contributed by atoms with Crippen LogP contribution in [0.25, 0.3) is 6.08 Å². The largest absolute Gasteiger partial charge is 0.465 e. The van der Waals surface area contributed by atoms with E-state index in [1.807, 2.05) is 0 Å². The zero-order valence-electron chi connectivity index (χ0n) is 9.19. The van der Waals surface area contributed by atoms with Gasteiger partial charge in [-0.2, -0.15) is 0 Å². The van der Waals surface area contributed by atoms with E-state index >= 15 is 0 Å². The monoisotopic (exact) mass is 215 g/mol. The van der Waals surface area contributed by atoms with Crippen molar-refractivity contribution in [3.8, 4) is 0 Å². The number of esters is 1. The summed E-state index contributed by atoms with van der Waals surface area (Å²) in [6.07, 6.45) is 7.26. The number of methoxy groups -OCH3 is 1. The lowest BCUT2D eigenvalue weighted by Crippen LogP contribution is -2.06. The molecule has 0 saturated heterocycles. The maximum absolute atomic E-state index is 11.6. The maximum Gasteiger partial charge on any atom is 0.338 e. The van der Waals surface area contributed by atoms with Crippen molar-refractivity contribution in [2.45, 2.75) is 19.3 Å². The molecule has 0 bridgehead atoms. The van der Waals surface area contributed by atoms with Gasteiger partial charge in [-0.3, -0.25) is 4.98 Å². The van der Waals surface area contributed by atoms with Crippen LogP contribution in [-0.4, -0.2) is 18.1 Å². The SMILES string of the molecule is COC(=O)c1ccnc2c1CC(C1CC1)=C2. The summed E-state index contributed by atoms with van der Waals surface area (Å²) in [5, 5.41) is 0. The minimum Gasteiger partial charge on any atom is -0.465 e. The molecule has 3 heteroatoms. The second-order valence-corrected chi connectivity index (χ2v) is 4.38. The number of rotatable bonds is 2. The van der Waals surface area contributed by atoms with E-state index in [2.05, 4.69) is 11.1 Å². The molecule has 82 valence electrons. The first-order valence-corrected chi connectivity index (χ1v) is 5.56. The summed E-state index contributed by atoms with van der Waals surface area (Å²) in [6.45, 7) is 0. The molecule has 1 aromatic rings. The minimum absolute atomic E-state index is 0.260. The second kappa shape index (κ2) is 3.44. The fraction of sp³-hybridized carbons (Fsp3) is 0.385. The van der Waals surface area contributed by atoms with Crippen molar-refractivity contribution < 1.29 is 9.53 Å². The van der Waals surface area contributed by atoms with E-state index < -0.39 is 0 Å². The number of pyridine rings is 1. The van der Waals surface area contributed by atoms with Gasteiger partial charge >= 0.3 is 5.97 Å². The van der Waals surface area contributed by atoms with Gasteiger partial charge < -0.3 is 4.74 Å². The number of hydrogen-bond donors (Lipinski definition) is 0. The van der Waals surface area contributed by atoms with Crippen molar-refractivity contribution in [3.05, 3.63) is 34.7 Å². The summed E-state index contributed by atoms with van der Waals surface area (Å²) < 4.78 is 4.78. The smallest absolute Gasteiger partial charge is 0.338 e. The van der Waals surface area contributed by atoms with E-state index in [1.165, 1.54) is 25.5 Å². The fourth-order valence-corrected chi connectivity index (χ4v) is 2.27. The Morgan fingerprint density at radius 2 is 2.31 bits per heavy atom. The van der Waals surface area contributed by atoms with Gasteiger partial charge in [0.15, 0.2) is 0 Å². The van der Waals surface area contributed by atoms with Gasteiger partial charge in [0.2, 0.25) is 0 Å². The molecule has 1 heterocycles. The summed E-state index contributed by atoms with van der Waals surface area (Å²) in [4.78, 5) is 15.9. The minimum atomic E-state index is -0.260. The van der Waals surface area contributed by atoms with Crippen LogP contribution in [-0.2, 0) is 11.2 Å². The molecule has 1 aromatic heterocycles. The Kier molecular flexibility index (Phi) is 2.06. The molecular weight excluding hydrogens is 202 g/mol. The predicted octanol–water partition coefficient (Wildman–Crippen LogP) is 2.22. The molecule has 3 nitrogen and oxygen atoms in total. The Bertz CT molecular complexity index is 487. The first kappa shape index (κ1) is 9.58. The van der Waals surface area contributed by atoms with Crippen molar-refractivity contribution in [2.24, 2.45) is 5.92 Å². The Hall–Kier alpha value is -1.64. The Balaban J connectivity index is 1.98. The van der Waals surface area contributed by atoms with Gasteiger partial charge in [0, 0.05) is 6.20 Å². The highest BCUT2D eigenvalue weighted by atomic mass is 16.5. The third-order valence-corrected chi connectivity index (χ3v) is 3.30. The van der Waals surface area contributed by atoms with Gasteiger partial charge in [-0.1, -0.05) is 5.57 Å². The van der Waals surface area contributed by atoms with Crippen LogP contribution in [0.4, 0.5) is 0 Å². The first-order valence-electron chi connectivity index (χ1n) is 5.56. The molecule has 2 aliphatic carbocycles. The van der Waals surface area contributed by atoms with E-state index in [-0.39, 0.29) is 5.97 Å². The number of fused-ring (bicyclic) bond motifs is 1. The predicted molar refractivity (Wildman–Crippen MR) is 60.0 cm³/mol. The average molecular weight is 215 g/mol. The Morgan fingerprint density at radius 3 is 3.00 bits per heavy atom. The summed E-state index contributed by atoms with van der Waals surface area (Å²) in [5.41, 5.74) is 4.08. The van der Waals surface area contributed by atoms with Gasteiger partial charge in [-0.25, -0.2) is 4.79 Å². The zero-order valence-corrected chi connectivity index (χ0v) is 9.19. The highest BCUT2D eigenvalue weighted by Crippen LogP contribution is 2.42. The molecule has 0 spiro atoms. The van der Waals surface area contributed by atoms with Crippen LogP contribution in [0.1, 0.15) is 34.5 Å². The lowest BCUT2D eigenvalue weighted by Gasteiger charge is -2.05. The molecule has 0 aliphatic heterocycles. The molecule has 0 aromatic carbocycles. The fourth-order valence-electron chi connectivity index (χ4n) is 2.27. The standard InChI is InChI=1S/C13H13NO2/c1-16-13(15)10-4-5-14-12-7-9(6-11(10)12)8-2-3-8/h4-5,7-8H,2-3,6H2,1H3. The summed E-state index contributed by atoms with van der Waals surface area (Å²) in [7, 11) is 1.42. The highest BCUT2D eigenvalue weighted by molar-refractivity contribution is 5.92. The summed E-state index contributed by atoms with van der Waals surface area (Å²) in [6, 6.07) is 1.74. The Labute approximate surface area is 94.1 Å². The first-order chi connectivity index (χ1) is 7.79. The molecule has 0 amide bonds. The molecule has 0 atom stereocenters. The molecule has 1 saturated carbocycles. The normalized spacial score (nSPS) is 17.9. The van der Waals surface area contributed by atoms with E-state index in [0.29, 0.717) is 5.56 Å². The molecule has 0 N–H and O–H groups in total. The van der Waals surface area contributed by atoms with Crippen LogP contribution in [0.2, 0.25) is 0 Å². The van der Waals surface area contributed by atoms with Crippen LogP contribution in [0.3, 0.4) is 0 Å². The van der Waals surface area contributed by atoms with Gasteiger partial charge in [-0.15, -0.1) is 0 Å². The van der Waals surface area contributed by atoms with Crippen LogP contribution in [0.15, 0.2) is 17.8 Å². The van der Waals surface area contributed by atoms with Crippen LogP contribution in [0.5, 0.6) is 0 Å². The number of carbonyl (C=O) groups is 1. The average Bonchev–Trinajstić information content (AvgIpc) is 3.07. The number of ether oxygens (including phenoxy) is 1. The molecule has 2 aliphatic rings. The summed E-state index contributed by atoms with van der Waals surface area (Å²) >= 11 is 0. The van der Waals surface area contributed by atoms with Gasteiger partial charge in [0.1, 0.15) is 0 Å². The van der Waals surface area contributed by atoms with E-state index in [1.54, 1.807) is 12.3 Å².